The normalized spacial score (nSPS) is 18.0. The molecule has 2 aliphatic heterocycles. The predicted octanol–water partition coefficient (Wildman–Crippen LogP) is 11.1. The second-order valence-electron chi connectivity index (χ2n) is 17.5. The van der Waals surface area contributed by atoms with Gasteiger partial charge in [0, 0.05) is 29.2 Å². The van der Waals surface area contributed by atoms with Crippen molar-refractivity contribution in [3.63, 3.8) is 0 Å². The van der Waals surface area contributed by atoms with Gasteiger partial charge in [0.1, 0.15) is 18.9 Å². The molecule has 308 valence electrons. The molecule has 11 rings (SSSR count). The van der Waals surface area contributed by atoms with E-state index in [0.29, 0.717) is 6.61 Å². The Bertz CT molecular complexity index is 2860. The number of benzene rings is 9. The summed E-state index contributed by atoms with van der Waals surface area (Å²) in [6.45, 7) is 6.93. The van der Waals surface area contributed by atoms with Crippen molar-refractivity contribution in [2.75, 3.05) is 6.61 Å². The molecule has 0 amide bonds. The van der Waals surface area contributed by atoms with Gasteiger partial charge in [-0.1, -0.05) is 218 Å². The van der Waals surface area contributed by atoms with E-state index in [1.54, 1.807) is 0 Å². The number of rotatable bonds is 6. The lowest BCUT2D eigenvalue weighted by molar-refractivity contribution is -0.626. The summed E-state index contributed by atoms with van der Waals surface area (Å²) in [5, 5.41) is 5.10. The van der Waals surface area contributed by atoms with Gasteiger partial charge in [0.2, 0.25) is 6.04 Å². The van der Waals surface area contributed by atoms with E-state index in [9.17, 15) is 0 Å². The van der Waals surface area contributed by atoms with E-state index < -0.39 is 11.9 Å². The van der Waals surface area contributed by atoms with Gasteiger partial charge in [-0.05, 0) is 47.0 Å². The second-order valence-corrected chi connectivity index (χ2v) is 17.5. The standard InChI is InChI=1S/C35H32NO2.C24H20B/c1-23-28-20-19-25-12-8-10-16-30(25)33(28)32-27(18-17-24-11-7-9-15-29(24)32)21-36(23)31-22-37-35(2,3)38-34(31)26-13-5-4-6-14-26;1-5-13-21(14-6-1)25(22-15-7-2-8-16-22,23-17-9-3-10-18-23)24-19-11-4-12-20-24/h4-21,23,31,34H,22H2,1-3H3;1-20H/q+1;-1/t23-,31+,34+;/m1./s1. The van der Waals surface area contributed by atoms with Crippen LogP contribution in [0.3, 0.4) is 0 Å². The van der Waals surface area contributed by atoms with E-state index in [1.165, 1.54) is 71.2 Å². The van der Waals surface area contributed by atoms with Crippen molar-refractivity contribution in [1.82, 2.24) is 0 Å². The van der Waals surface area contributed by atoms with Gasteiger partial charge >= 0.3 is 0 Å². The Morgan fingerprint density at radius 1 is 0.476 bits per heavy atom. The van der Waals surface area contributed by atoms with Gasteiger partial charge in [-0.3, -0.25) is 0 Å². The maximum absolute atomic E-state index is 6.65. The fourth-order valence-electron chi connectivity index (χ4n) is 10.5. The number of hydrogen-bond donors (Lipinski definition) is 0. The van der Waals surface area contributed by atoms with Crippen molar-refractivity contribution < 1.29 is 14.0 Å². The molecule has 9 aromatic rings. The molecule has 1 saturated heterocycles. The van der Waals surface area contributed by atoms with Gasteiger partial charge in [0.25, 0.3) is 0 Å². The molecule has 9 aromatic carbocycles. The second kappa shape index (κ2) is 17.1. The van der Waals surface area contributed by atoms with Crippen LogP contribution >= 0.6 is 0 Å². The SMILES string of the molecule is C[C@@H]1c2ccc3ccccc3c2-c2c(ccc3ccccc23)C=[N+]1[C@H]1COC(C)(C)O[C@H]1c1ccccc1.c1ccc([B-](c2ccccc2)(c2ccccc2)c2ccccc2)cc1. The molecule has 2 heterocycles. The zero-order chi connectivity index (χ0) is 42.8. The molecule has 3 atom stereocenters. The third kappa shape index (κ3) is 7.50. The highest BCUT2D eigenvalue weighted by molar-refractivity contribution is 7.19. The van der Waals surface area contributed by atoms with Gasteiger partial charge in [-0.2, -0.15) is 21.9 Å². The van der Waals surface area contributed by atoms with Crippen LogP contribution in [0.4, 0.5) is 0 Å². The molecule has 63 heavy (non-hydrogen) atoms. The largest absolute Gasteiger partial charge is 0.343 e. The highest BCUT2D eigenvalue weighted by Crippen LogP contribution is 2.45. The Hall–Kier alpha value is -6.85. The molecule has 1 fully saturated rings. The van der Waals surface area contributed by atoms with E-state index in [2.05, 4.69) is 242 Å². The summed E-state index contributed by atoms with van der Waals surface area (Å²) < 4.78 is 15.4. The van der Waals surface area contributed by atoms with Crippen LogP contribution in [-0.4, -0.2) is 35.4 Å². The molecule has 0 radical (unpaired) electrons. The first kappa shape index (κ1) is 40.2. The van der Waals surface area contributed by atoms with E-state index in [-0.39, 0.29) is 18.2 Å². The number of nitrogens with zero attached hydrogens (tertiary/aromatic N) is 1. The van der Waals surface area contributed by atoms with E-state index in [4.69, 9.17) is 9.47 Å². The van der Waals surface area contributed by atoms with Crippen molar-refractivity contribution >= 4 is 55.8 Å². The molecular formula is C59H52BNO2. The highest BCUT2D eigenvalue weighted by Gasteiger charge is 2.46. The first-order valence-electron chi connectivity index (χ1n) is 22.3. The zero-order valence-corrected chi connectivity index (χ0v) is 36.2. The number of hydrogen-bond acceptors (Lipinski definition) is 2. The van der Waals surface area contributed by atoms with Gasteiger partial charge in [0.15, 0.2) is 18.0 Å². The molecule has 0 N–H and O–H groups in total. The number of ether oxygens (including phenoxy) is 2. The van der Waals surface area contributed by atoms with Gasteiger partial charge in [-0.25, -0.2) is 4.58 Å². The van der Waals surface area contributed by atoms with Crippen LogP contribution in [0.15, 0.2) is 224 Å². The van der Waals surface area contributed by atoms with Crippen LogP contribution in [0.1, 0.15) is 49.6 Å². The summed E-state index contributed by atoms with van der Waals surface area (Å²) in [6, 6.07) is 80.9. The molecular weight excluding hydrogens is 765 g/mol. The van der Waals surface area contributed by atoms with Crippen molar-refractivity contribution in [1.29, 1.82) is 0 Å². The third-order valence-electron chi connectivity index (χ3n) is 13.4. The van der Waals surface area contributed by atoms with Gasteiger partial charge < -0.3 is 9.47 Å². The molecule has 0 spiro atoms. The van der Waals surface area contributed by atoms with Crippen LogP contribution in [0, 0.1) is 0 Å². The van der Waals surface area contributed by atoms with Gasteiger partial charge in [-0.15, -0.1) is 0 Å². The zero-order valence-electron chi connectivity index (χ0n) is 36.2. The molecule has 0 aliphatic carbocycles. The minimum absolute atomic E-state index is 0.0113. The molecule has 0 unspecified atom stereocenters. The van der Waals surface area contributed by atoms with Crippen LogP contribution in [-0.2, 0) is 9.47 Å². The summed E-state index contributed by atoms with van der Waals surface area (Å²) >= 11 is 0. The van der Waals surface area contributed by atoms with Crippen LogP contribution < -0.4 is 21.9 Å². The Kier molecular flexibility index (Phi) is 10.9. The monoisotopic (exact) mass is 817 g/mol. The van der Waals surface area contributed by atoms with E-state index in [1.807, 2.05) is 13.8 Å². The lowest BCUT2D eigenvalue weighted by Gasteiger charge is -2.44. The molecule has 2 aliphatic rings. The number of fused-ring (bicyclic) bond motifs is 7. The van der Waals surface area contributed by atoms with Crippen LogP contribution in [0.25, 0.3) is 32.7 Å². The molecule has 3 nitrogen and oxygen atoms in total. The summed E-state index contributed by atoms with van der Waals surface area (Å²) in [6.07, 6.45) is 1.02. The minimum Gasteiger partial charge on any atom is -0.343 e. The summed E-state index contributed by atoms with van der Waals surface area (Å²) in [7, 11) is 0. The average Bonchev–Trinajstić information content (AvgIpc) is 3.47. The first-order valence-corrected chi connectivity index (χ1v) is 22.3. The maximum Gasteiger partial charge on any atom is 0.206 e. The average molecular weight is 818 g/mol. The van der Waals surface area contributed by atoms with Crippen LogP contribution in [0.2, 0.25) is 0 Å². The maximum atomic E-state index is 6.65. The summed E-state index contributed by atoms with van der Waals surface area (Å²) in [4.78, 5) is 0. The first-order chi connectivity index (χ1) is 30.9. The fraction of sp³-hybridized carbons (Fsp3) is 0.136. The quantitative estimate of drug-likeness (QED) is 0.123. The van der Waals surface area contributed by atoms with Crippen molar-refractivity contribution in [3.8, 4) is 11.1 Å². The summed E-state index contributed by atoms with van der Waals surface area (Å²) in [5.41, 5.74) is 11.7. The lowest BCUT2D eigenvalue weighted by atomic mass is 9.13. The Morgan fingerprint density at radius 3 is 1.41 bits per heavy atom. The Labute approximate surface area is 371 Å². The van der Waals surface area contributed by atoms with Gasteiger partial charge in [0.05, 0.1) is 0 Å². The highest BCUT2D eigenvalue weighted by atomic mass is 16.7. The van der Waals surface area contributed by atoms with Crippen molar-refractivity contribution in [3.05, 3.63) is 241 Å². The molecule has 4 heteroatoms. The van der Waals surface area contributed by atoms with E-state index in [0.717, 1.165) is 0 Å². The minimum atomic E-state index is -1.22. The topological polar surface area (TPSA) is 21.5 Å². The molecule has 0 bridgehead atoms. The smallest absolute Gasteiger partial charge is 0.206 e. The molecule has 0 aromatic heterocycles. The van der Waals surface area contributed by atoms with E-state index >= 15 is 0 Å². The predicted molar refractivity (Wildman–Crippen MR) is 265 cm³/mol. The van der Waals surface area contributed by atoms with Crippen LogP contribution in [0.5, 0.6) is 0 Å². The Balaban J connectivity index is 0.000000163. The summed E-state index contributed by atoms with van der Waals surface area (Å²) in [5.74, 6) is -0.645. The van der Waals surface area contributed by atoms with Crippen molar-refractivity contribution in [2.45, 2.75) is 44.7 Å². The Morgan fingerprint density at radius 2 is 0.905 bits per heavy atom. The third-order valence-corrected chi connectivity index (χ3v) is 13.4. The lowest BCUT2D eigenvalue weighted by Crippen LogP contribution is -2.74. The molecule has 0 saturated carbocycles. The fourth-order valence-corrected chi connectivity index (χ4v) is 10.5. The van der Waals surface area contributed by atoms with Crippen molar-refractivity contribution in [2.24, 2.45) is 0 Å².